The monoisotopic (exact) mass is 384 g/mol. The number of hydrogen-bond acceptors (Lipinski definition) is 5. The van der Waals surface area contributed by atoms with Crippen LogP contribution in [0.2, 0.25) is 0 Å². The molecular weight excluding hydrogens is 364 g/mol. The van der Waals surface area contributed by atoms with Crippen LogP contribution in [0, 0.1) is 0 Å². The molecule has 0 unspecified atom stereocenters. The number of carbonyl (C=O) groups is 1. The van der Waals surface area contributed by atoms with Crippen LogP contribution >= 0.6 is 0 Å². The lowest BCUT2D eigenvalue weighted by Crippen LogP contribution is -2.24. The van der Waals surface area contributed by atoms with E-state index >= 15 is 0 Å². The van der Waals surface area contributed by atoms with E-state index in [1.54, 1.807) is 42.7 Å². The van der Waals surface area contributed by atoms with Gasteiger partial charge in [-0.25, -0.2) is 13.1 Å². The van der Waals surface area contributed by atoms with Crippen LogP contribution in [-0.2, 0) is 10.0 Å². The zero-order chi connectivity index (χ0) is 19.3. The average molecular weight is 384 g/mol. The molecule has 0 spiro atoms. The van der Waals surface area contributed by atoms with Crippen molar-refractivity contribution in [2.45, 2.75) is 24.7 Å². The Morgan fingerprint density at radius 1 is 1.04 bits per heavy atom. The van der Waals surface area contributed by atoms with Gasteiger partial charge in [-0.05, 0) is 42.8 Å². The summed E-state index contributed by atoms with van der Waals surface area (Å²) < 4.78 is 27.2. The number of carbonyl (C=O) groups excluding carboxylic acids is 1. The summed E-state index contributed by atoms with van der Waals surface area (Å²) in [7, 11) is -3.60. The van der Waals surface area contributed by atoms with Crippen molar-refractivity contribution in [3.63, 3.8) is 0 Å². The molecule has 0 aliphatic carbocycles. The molecule has 0 bridgehead atoms. The quantitative estimate of drug-likeness (QED) is 0.610. The molecule has 0 aliphatic rings. The molecule has 0 radical (unpaired) electrons. The molecule has 0 saturated carbocycles. The summed E-state index contributed by atoms with van der Waals surface area (Å²) in [5.74, 6) is -0.351. The van der Waals surface area contributed by atoms with E-state index in [1.807, 2.05) is 6.92 Å². The topological polar surface area (TPSA) is 101 Å². The van der Waals surface area contributed by atoms with E-state index in [9.17, 15) is 13.2 Å². The number of benzene rings is 2. The summed E-state index contributed by atoms with van der Waals surface area (Å²) in [5.41, 5.74) is 2.12. The van der Waals surface area contributed by atoms with Crippen LogP contribution in [0.15, 0.2) is 59.8 Å². The second-order valence-corrected chi connectivity index (χ2v) is 7.76. The maximum atomic E-state index is 12.5. The predicted molar refractivity (Wildman–Crippen MR) is 104 cm³/mol. The Bertz CT molecular complexity index is 1070. The fourth-order valence-electron chi connectivity index (χ4n) is 2.52. The standard InChI is InChI=1S/C19H20N4O3S/c1-2-3-9-22-27(25,26)16-6-4-5-15(13-16)23-19(24)14-7-8-17-18(12-14)21-11-10-20-17/h4-8,10-13,22H,2-3,9H2,1H3,(H,23,24). The Morgan fingerprint density at radius 3 is 2.59 bits per heavy atom. The maximum absolute atomic E-state index is 12.5. The first-order valence-corrected chi connectivity index (χ1v) is 10.1. The Labute approximate surface area is 157 Å². The second kappa shape index (κ2) is 8.24. The van der Waals surface area contributed by atoms with Gasteiger partial charge in [-0.3, -0.25) is 14.8 Å². The lowest BCUT2D eigenvalue weighted by atomic mass is 10.1. The molecule has 0 aliphatic heterocycles. The molecule has 0 fully saturated rings. The number of sulfonamides is 1. The van der Waals surface area contributed by atoms with Crippen molar-refractivity contribution < 1.29 is 13.2 Å². The molecule has 3 aromatic rings. The van der Waals surface area contributed by atoms with Gasteiger partial charge in [0.15, 0.2) is 0 Å². The molecule has 3 rings (SSSR count). The van der Waals surface area contributed by atoms with Crippen molar-refractivity contribution in [1.82, 2.24) is 14.7 Å². The molecule has 2 N–H and O–H groups in total. The van der Waals surface area contributed by atoms with Gasteiger partial charge in [0, 0.05) is 30.2 Å². The van der Waals surface area contributed by atoms with Crippen LogP contribution in [0.5, 0.6) is 0 Å². The molecule has 1 heterocycles. The van der Waals surface area contributed by atoms with Gasteiger partial charge in [0.25, 0.3) is 5.91 Å². The minimum absolute atomic E-state index is 0.112. The maximum Gasteiger partial charge on any atom is 0.255 e. The van der Waals surface area contributed by atoms with E-state index in [-0.39, 0.29) is 10.8 Å². The van der Waals surface area contributed by atoms with Crippen molar-refractivity contribution in [1.29, 1.82) is 0 Å². The fourth-order valence-corrected chi connectivity index (χ4v) is 3.64. The summed E-state index contributed by atoms with van der Waals surface area (Å²) in [6.07, 6.45) is 4.81. The van der Waals surface area contributed by atoms with Crippen LogP contribution in [0.3, 0.4) is 0 Å². The van der Waals surface area contributed by atoms with Gasteiger partial charge in [0.05, 0.1) is 15.9 Å². The van der Waals surface area contributed by atoms with Crippen LogP contribution in [0.1, 0.15) is 30.1 Å². The molecule has 8 heteroatoms. The number of amides is 1. The van der Waals surface area contributed by atoms with Gasteiger partial charge >= 0.3 is 0 Å². The number of hydrogen-bond donors (Lipinski definition) is 2. The molecule has 0 saturated heterocycles. The number of nitrogens with zero attached hydrogens (tertiary/aromatic N) is 2. The van der Waals surface area contributed by atoms with Gasteiger partial charge in [-0.15, -0.1) is 0 Å². The SMILES string of the molecule is CCCCNS(=O)(=O)c1cccc(NC(=O)c2ccc3nccnc3c2)c1. The highest BCUT2D eigenvalue weighted by atomic mass is 32.2. The molecule has 1 amide bonds. The lowest BCUT2D eigenvalue weighted by Gasteiger charge is -2.09. The third kappa shape index (κ3) is 4.66. The molecule has 1 aromatic heterocycles. The summed E-state index contributed by atoms with van der Waals surface area (Å²) >= 11 is 0. The lowest BCUT2D eigenvalue weighted by molar-refractivity contribution is 0.102. The summed E-state index contributed by atoms with van der Waals surface area (Å²) in [5, 5.41) is 2.72. The van der Waals surface area contributed by atoms with Crippen LogP contribution in [0.25, 0.3) is 11.0 Å². The molecule has 7 nitrogen and oxygen atoms in total. The van der Waals surface area contributed by atoms with E-state index in [2.05, 4.69) is 20.0 Å². The van der Waals surface area contributed by atoms with Crippen LogP contribution in [0.4, 0.5) is 5.69 Å². The number of nitrogens with one attached hydrogen (secondary N) is 2. The molecular formula is C19H20N4O3S. The van der Waals surface area contributed by atoms with E-state index in [4.69, 9.17) is 0 Å². The van der Waals surface area contributed by atoms with Crippen molar-refractivity contribution in [3.05, 3.63) is 60.4 Å². The van der Waals surface area contributed by atoms with E-state index in [0.29, 0.717) is 28.8 Å². The highest BCUT2D eigenvalue weighted by Crippen LogP contribution is 2.17. The van der Waals surface area contributed by atoms with E-state index < -0.39 is 10.0 Å². The third-order valence-corrected chi connectivity index (χ3v) is 5.41. The number of unbranched alkanes of at least 4 members (excludes halogenated alkanes) is 1. The van der Waals surface area contributed by atoms with Gasteiger partial charge < -0.3 is 5.32 Å². The van der Waals surface area contributed by atoms with Crippen molar-refractivity contribution in [2.75, 3.05) is 11.9 Å². The Morgan fingerprint density at radius 2 is 1.81 bits per heavy atom. The first kappa shape index (κ1) is 18.9. The second-order valence-electron chi connectivity index (χ2n) is 5.99. The van der Waals surface area contributed by atoms with Crippen LogP contribution in [-0.4, -0.2) is 30.8 Å². The highest BCUT2D eigenvalue weighted by Gasteiger charge is 2.15. The Balaban J connectivity index is 1.77. The molecule has 0 atom stereocenters. The number of fused-ring (bicyclic) bond motifs is 1. The first-order valence-electron chi connectivity index (χ1n) is 8.61. The summed E-state index contributed by atoms with van der Waals surface area (Å²) in [6, 6.07) is 11.2. The van der Waals surface area contributed by atoms with Crippen LogP contribution < -0.4 is 10.0 Å². The fraction of sp³-hybridized carbons (Fsp3) is 0.211. The zero-order valence-corrected chi connectivity index (χ0v) is 15.7. The van der Waals surface area contributed by atoms with E-state index in [0.717, 1.165) is 12.8 Å². The largest absolute Gasteiger partial charge is 0.322 e. The molecule has 27 heavy (non-hydrogen) atoms. The van der Waals surface area contributed by atoms with Gasteiger partial charge in [-0.2, -0.15) is 0 Å². The van der Waals surface area contributed by atoms with Gasteiger partial charge in [0.2, 0.25) is 10.0 Å². The summed E-state index contributed by atoms with van der Waals surface area (Å²) in [6.45, 7) is 2.37. The predicted octanol–water partition coefficient (Wildman–Crippen LogP) is 2.96. The highest BCUT2D eigenvalue weighted by molar-refractivity contribution is 7.89. The molecule has 2 aromatic carbocycles. The van der Waals surface area contributed by atoms with Crippen molar-refractivity contribution in [2.24, 2.45) is 0 Å². The minimum atomic E-state index is -3.60. The third-order valence-electron chi connectivity index (χ3n) is 3.96. The Kier molecular flexibility index (Phi) is 5.78. The number of rotatable bonds is 7. The minimum Gasteiger partial charge on any atom is -0.322 e. The normalized spacial score (nSPS) is 11.4. The van der Waals surface area contributed by atoms with E-state index in [1.165, 1.54) is 12.1 Å². The van der Waals surface area contributed by atoms with Crippen molar-refractivity contribution >= 4 is 32.7 Å². The number of aromatic nitrogens is 2. The first-order chi connectivity index (χ1) is 13.0. The zero-order valence-electron chi connectivity index (χ0n) is 14.8. The Hall–Kier alpha value is -2.84. The summed E-state index contributed by atoms with van der Waals surface area (Å²) in [4.78, 5) is 21.0. The van der Waals surface area contributed by atoms with Gasteiger partial charge in [0.1, 0.15) is 0 Å². The number of anilines is 1. The van der Waals surface area contributed by atoms with Crippen molar-refractivity contribution in [3.8, 4) is 0 Å². The van der Waals surface area contributed by atoms with Gasteiger partial charge in [-0.1, -0.05) is 19.4 Å². The molecule has 140 valence electrons. The smallest absolute Gasteiger partial charge is 0.255 e. The average Bonchev–Trinajstić information content (AvgIpc) is 2.68.